The number of aryl methyl sites for hydroxylation is 1. The first-order chi connectivity index (χ1) is 15.6. The fraction of sp³-hybridized carbons (Fsp3) is 0.423. The summed E-state index contributed by atoms with van der Waals surface area (Å²) in [6.07, 6.45) is 2.76. The molecule has 1 atom stereocenters. The van der Waals surface area contributed by atoms with E-state index in [2.05, 4.69) is 27.3 Å². The Morgan fingerprint density at radius 1 is 1.16 bits per heavy atom. The van der Waals surface area contributed by atoms with Gasteiger partial charge >= 0.3 is 0 Å². The van der Waals surface area contributed by atoms with Crippen LogP contribution < -0.4 is 10.9 Å². The van der Waals surface area contributed by atoms with Crippen molar-refractivity contribution in [2.24, 2.45) is 0 Å². The highest BCUT2D eigenvalue weighted by Gasteiger charge is 2.27. The van der Waals surface area contributed by atoms with Gasteiger partial charge in [0.25, 0.3) is 5.56 Å². The van der Waals surface area contributed by atoms with Gasteiger partial charge in [0.05, 0.1) is 12.6 Å². The van der Waals surface area contributed by atoms with Crippen LogP contribution in [-0.4, -0.2) is 49.3 Å². The van der Waals surface area contributed by atoms with Crippen molar-refractivity contribution < 1.29 is 9.13 Å². The third-order valence-electron chi connectivity index (χ3n) is 6.44. The molecule has 0 saturated carbocycles. The fourth-order valence-corrected chi connectivity index (χ4v) is 4.72. The highest BCUT2D eigenvalue weighted by Crippen LogP contribution is 2.33. The van der Waals surface area contributed by atoms with Crippen molar-refractivity contribution >= 4 is 10.9 Å². The molecule has 32 heavy (non-hydrogen) atoms. The van der Waals surface area contributed by atoms with E-state index >= 15 is 0 Å². The summed E-state index contributed by atoms with van der Waals surface area (Å²) in [4.78, 5) is 17.6. The first kappa shape index (κ1) is 22.6. The van der Waals surface area contributed by atoms with E-state index in [-0.39, 0.29) is 17.4 Å². The minimum Gasteiger partial charge on any atom is -0.383 e. The summed E-state index contributed by atoms with van der Waals surface area (Å²) in [5, 5.41) is 4.58. The van der Waals surface area contributed by atoms with E-state index in [4.69, 9.17) is 4.74 Å². The number of H-pyrrole nitrogens is 1. The lowest BCUT2D eigenvalue weighted by Gasteiger charge is -2.38. The molecular weight excluding hydrogens is 405 g/mol. The molecule has 4 rings (SSSR count). The minimum atomic E-state index is -0.220. The van der Waals surface area contributed by atoms with Crippen molar-refractivity contribution in [3.05, 3.63) is 81.4 Å². The molecule has 1 aliphatic rings. The molecule has 0 spiro atoms. The average molecular weight is 438 g/mol. The third kappa shape index (κ3) is 5.09. The molecule has 2 N–H and O–H groups in total. The van der Waals surface area contributed by atoms with Crippen LogP contribution in [0.2, 0.25) is 0 Å². The van der Waals surface area contributed by atoms with E-state index in [1.807, 2.05) is 25.1 Å². The second-order valence-corrected chi connectivity index (χ2v) is 8.54. The van der Waals surface area contributed by atoms with Crippen molar-refractivity contribution in [2.45, 2.75) is 38.3 Å². The number of halogens is 1. The largest absolute Gasteiger partial charge is 0.383 e. The van der Waals surface area contributed by atoms with E-state index in [0.717, 1.165) is 60.1 Å². The van der Waals surface area contributed by atoms with Crippen molar-refractivity contribution in [2.75, 3.05) is 33.4 Å². The standard InChI is InChI=1S/C26H32FN3O2/c1-3-18-15-21-16-20(7-8-24(21)29-26(18)31)25(19-5-4-6-22(27)17-19)30-12-9-23(10-13-30)28-11-14-32-2/h4-8,15-17,23,25,28H,3,9-14H2,1-2H3,(H,29,31). The van der Waals surface area contributed by atoms with Crippen LogP contribution in [0.4, 0.5) is 4.39 Å². The van der Waals surface area contributed by atoms with Crippen LogP contribution in [0.5, 0.6) is 0 Å². The third-order valence-corrected chi connectivity index (χ3v) is 6.44. The zero-order valence-corrected chi connectivity index (χ0v) is 18.9. The van der Waals surface area contributed by atoms with Gasteiger partial charge < -0.3 is 15.0 Å². The van der Waals surface area contributed by atoms with Gasteiger partial charge in [-0.05, 0) is 66.1 Å². The van der Waals surface area contributed by atoms with Crippen molar-refractivity contribution in [3.63, 3.8) is 0 Å². The summed E-state index contributed by atoms with van der Waals surface area (Å²) < 4.78 is 19.3. The molecule has 6 heteroatoms. The zero-order chi connectivity index (χ0) is 22.5. The molecular formula is C26H32FN3O2. The number of fused-ring (bicyclic) bond motifs is 1. The predicted octanol–water partition coefficient (Wildman–Crippen LogP) is 4.02. The Bertz CT molecular complexity index is 1110. The highest BCUT2D eigenvalue weighted by molar-refractivity contribution is 5.80. The lowest BCUT2D eigenvalue weighted by atomic mass is 9.92. The number of likely N-dealkylation sites (tertiary alicyclic amines) is 1. The summed E-state index contributed by atoms with van der Waals surface area (Å²) in [6.45, 7) is 5.41. The van der Waals surface area contributed by atoms with Crippen LogP contribution in [0.1, 0.15) is 42.5 Å². The number of hydrogen-bond donors (Lipinski definition) is 2. The van der Waals surface area contributed by atoms with Gasteiger partial charge in [-0.15, -0.1) is 0 Å². The average Bonchev–Trinajstić information content (AvgIpc) is 2.80. The normalized spacial score (nSPS) is 16.5. The van der Waals surface area contributed by atoms with E-state index in [9.17, 15) is 9.18 Å². The number of nitrogens with one attached hydrogen (secondary N) is 2. The van der Waals surface area contributed by atoms with Crippen molar-refractivity contribution in [1.29, 1.82) is 0 Å². The van der Waals surface area contributed by atoms with Crippen LogP contribution in [-0.2, 0) is 11.2 Å². The minimum absolute atomic E-state index is 0.0301. The fourth-order valence-electron chi connectivity index (χ4n) is 4.72. The maximum Gasteiger partial charge on any atom is 0.251 e. The van der Waals surface area contributed by atoms with E-state index in [0.29, 0.717) is 19.1 Å². The summed E-state index contributed by atoms with van der Waals surface area (Å²) in [5.41, 5.74) is 3.64. The number of methoxy groups -OCH3 is 1. The van der Waals surface area contributed by atoms with Gasteiger partial charge in [0, 0.05) is 43.9 Å². The SMILES string of the molecule is CCc1cc2cc(C(c3cccc(F)c3)N3CCC(NCCOC)CC3)ccc2[nH]c1=O. The first-order valence-electron chi connectivity index (χ1n) is 11.5. The van der Waals surface area contributed by atoms with Crippen molar-refractivity contribution in [1.82, 2.24) is 15.2 Å². The van der Waals surface area contributed by atoms with Gasteiger partial charge in [-0.3, -0.25) is 9.69 Å². The molecule has 1 aliphatic heterocycles. The van der Waals surface area contributed by atoms with Crippen LogP contribution in [0.25, 0.3) is 10.9 Å². The number of rotatable bonds is 8. The molecule has 0 amide bonds. The topological polar surface area (TPSA) is 57.4 Å². The van der Waals surface area contributed by atoms with Gasteiger partial charge in [-0.2, -0.15) is 0 Å². The Kier molecular flexibility index (Phi) is 7.35. The van der Waals surface area contributed by atoms with Gasteiger partial charge in [0.1, 0.15) is 5.82 Å². The lowest BCUT2D eigenvalue weighted by Crippen LogP contribution is -2.44. The number of nitrogens with zero attached hydrogens (tertiary/aromatic N) is 1. The quantitative estimate of drug-likeness (QED) is 0.523. The molecule has 2 heterocycles. The smallest absolute Gasteiger partial charge is 0.251 e. The number of benzene rings is 2. The first-order valence-corrected chi connectivity index (χ1v) is 11.5. The molecule has 2 aromatic carbocycles. The maximum atomic E-state index is 14.2. The Hall–Kier alpha value is -2.54. The highest BCUT2D eigenvalue weighted by atomic mass is 19.1. The zero-order valence-electron chi connectivity index (χ0n) is 18.9. The van der Waals surface area contributed by atoms with Crippen molar-refractivity contribution in [3.8, 4) is 0 Å². The van der Waals surface area contributed by atoms with Gasteiger partial charge in [-0.25, -0.2) is 4.39 Å². The molecule has 1 fully saturated rings. The monoisotopic (exact) mass is 437 g/mol. The number of hydrogen-bond acceptors (Lipinski definition) is 4. The van der Waals surface area contributed by atoms with Gasteiger partial charge in [-0.1, -0.05) is 25.1 Å². The Morgan fingerprint density at radius 2 is 1.94 bits per heavy atom. The molecule has 5 nitrogen and oxygen atoms in total. The number of piperidine rings is 1. The van der Waals surface area contributed by atoms with Crippen LogP contribution in [0.3, 0.4) is 0 Å². The van der Waals surface area contributed by atoms with Gasteiger partial charge in [0.15, 0.2) is 0 Å². The summed E-state index contributed by atoms with van der Waals surface area (Å²) in [6, 6.07) is 15.5. The van der Waals surface area contributed by atoms with Crippen LogP contribution in [0.15, 0.2) is 53.3 Å². The Balaban J connectivity index is 1.65. The molecule has 170 valence electrons. The lowest BCUT2D eigenvalue weighted by molar-refractivity contribution is 0.152. The summed E-state index contributed by atoms with van der Waals surface area (Å²) in [5.74, 6) is -0.220. The predicted molar refractivity (Wildman–Crippen MR) is 127 cm³/mol. The second kappa shape index (κ2) is 10.4. The molecule has 0 aliphatic carbocycles. The maximum absolute atomic E-state index is 14.2. The van der Waals surface area contributed by atoms with Crippen LogP contribution >= 0.6 is 0 Å². The molecule has 0 radical (unpaired) electrons. The molecule has 0 bridgehead atoms. The number of aromatic amines is 1. The number of ether oxygens (including phenoxy) is 1. The second-order valence-electron chi connectivity index (χ2n) is 8.54. The summed E-state index contributed by atoms with van der Waals surface area (Å²) in [7, 11) is 1.72. The Morgan fingerprint density at radius 3 is 2.66 bits per heavy atom. The summed E-state index contributed by atoms with van der Waals surface area (Å²) >= 11 is 0. The van der Waals surface area contributed by atoms with Gasteiger partial charge in [0.2, 0.25) is 0 Å². The number of aromatic nitrogens is 1. The Labute approximate surface area is 188 Å². The van der Waals surface area contributed by atoms with E-state index in [1.54, 1.807) is 19.2 Å². The van der Waals surface area contributed by atoms with E-state index < -0.39 is 0 Å². The molecule has 1 aromatic heterocycles. The van der Waals surface area contributed by atoms with Crippen LogP contribution in [0, 0.1) is 5.82 Å². The molecule has 1 unspecified atom stereocenters. The number of pyridine rings is 1. The van der Waals surface area contributed by atoms with E-state index in [1.165, 1.54) is 6.07 Å². The molecule has 1 saturated heterocycles. The molecule has 3 aromatic rings.